The average molecular weight is 571 g/mol. The Hall–Kier alpha value is -3.34. The molecule has 0 spiro atoms. The molecule has 0 aromatic heterocycles. The summed E-state index contributed by atoms with van der Waals surface area (Å²) < 4.78 is 39.8. The molecule has 1 unspecified atom stereocenters. The maximum absolute atomic E-state index is 14.1. The second-order valence-electron chi connectivity index (χ2n) is 8.09. The summed E-state index contributed by atoms with van der Waals surface area (Å²) in [4.78, 5) is 31.3. The number of hydrogen-bond donors (Lipinski definition) is 0. The number of benzene rings is 3. The van der Waals surface area contributed by atoms with E-state index in [9.17, 15) is 18.0 Å². The van der Waals surface area contributed by atoms with Crippen molar-refractivity contribution in [3.05, 3.63) is 94.5 Å². The van der Waals surface area contributed by atoms with Crippen molar-refractivity contribution in [2.45, 2.75) is 23.4 Å². The molecule has 10 heteroatoms. The fourth-order valence-corrected chi connectivity index (χ4v) is 6.26. The third kappa shape index (κ3) is 4.15. The number of esters is 2. The van der Waals surface area contributed by atoms with Crippen molar-refractivity contribution in [2.24, 2.45) is 4.99 Å². The predicted octanol–water partition coefficient (Wildman–Crippen LogP) is 4.36. The van der Waals surface area contributed by atoms with Crippen LogP contribution in [0.1, 0.15) is 17.2 Å². The summed E-state index contributed by atoms with van der Waals surface area (Å²) in [5.74, 6) is -2.24. The van der Waals surface area contributed by atoms with Crippen molar-refractivity contribution in [1.82, 2.24) is 4.31 Å². The summed E-state index contributed by atoms with van der Waals surface area (Å²) in [5, 5.41) is 0. The summed E-state index contributed by atoms with van der Waals surface area (Å²) >= 11 is 3.38. The number of carbonyl (C=O) groups is 2. The lowest BCUT2D eigenvalue weighted by Gasteiger charge is -2.53. The van der Waals surface area contributed by atoms with E-state index < -0.39 is 33.5 Å². The van der Waals surface area contributed by atoms with Crippen molar-refractivity contribution < 1.29 is 27.5 Å². The first-order valence-electron chi connectivity index (χ1n) is 10.9. The number of para-hydroxylation sites is 1. The number of rotatable bonds is 6. The molecule has 1 aliphatic rings. The standard InChI is InChI=1S/C26H23BrN2O6S/c1-17-9-15-21(16-10-17)36(32,33)29-22(18-11-13-19(27)14-12-18)23(28-20-7-5-4-6-8-20)26(29,24(30)34-2)25(31)35-3/h4-16,22H,1-3H3. The van der Waals surface area contributed by atoms with Gasteiger partial charge in [0.25, 0.3) is 5.54 Å². The van der Waals surface area contributed by atoms with Gasteiger partial charge in [-0.1, -0.05) is 64.0 Å². The molecule has 36 heavy (non-hydrogen) atoms. The Bertz CT molecular complexity index is 1410. The number of carbonyl (C=O) groups excluding carboxylic acids is 2. The lowest BCUT2D eigenvalue weighted by molar-refractivity contribution is -0.166. The lowest BCUT2D eigenvalue weighted by atomic mass is 9.75. The Kier molecular flexibility index (Phi) is 7.12. The molecule has 0 bridgehead atoms. The van der Waals surface area contributed by atoms with Gasteiger partial charge in [-0.15, -0.1) is 0 Å². The van der Waals surface area contributed by atoms with Crippen LogP contribution >= 0.6 is 15.9 Å². The molecule has 3 aromatic rings. The summed E-state index contributed by atoms with van der Waals surface area (Å²) in [6.45, 7) is 1.82. The summed E-state index contributed by atoms with van der Waals surface area (Å²) in [5.41, 5.74) is -0.696. The van der Waals surface area contributed by atoms with Gasteiger partial charge in [-0.2, -0.15) is 4.31 Å². The number of halogens is 1. The first kappa shape index (κ1) is 25.7. The Morgan fingerprint density at radius 3 is 1.97 bits per heavy atom. The van der Waals surface area contributed by atoms with Crippen molar-refractivity contribution >= 4 is 49.3 Å². The summed E-state index contributed by atoms with van der Waals surface area (Å²) in [6.07, 6.45) is 0. The lowest BCUT2D eigenvalue weighted by Crippen LogP contribution is -2.78. The van der Waals surface area contributed by atoms with Crippen molar-refractivity contribution in [2.75, 3.05) is 14.2 Å². The normalized spacial score (nSPS) is 18.3. The number of aryl methyl sites for hydroxylation is 1. The number of sulfonamides is 1. The van der Waals surface area contributed by atoms with Crippen LogP contribution in [0.2, 0.25) is 0 Å². The molecule has 1 heterocycles. The third-order valence-electron chi connectivity index (χ3n) is 5.93. The smallest absolute Gasteiger partial charge is 0.345 e. The summed E-state index contributed by atoms with van der Waals surface area (Å²) in [6, 6.07) is 20.6. The maximum Gasteiger partial charge on any atom is 0.345 e. The van der Waals surface area contributed by atoms with Crippen LogP contribution in [0.25, 0.3) is 0 Å². The molecule has 1 saturated heterocycles. The minimum Gasteiger partial charge on any atom is -0.467 e. The van der Waals surface area contributed by atoms with Gasteiger partial charge in [-0.3, -0.25) is 4.99 Å². The minimum atomic E-state index is -4.43. The molecule has 0 radical (unpaired) electrons. The molecule has 186 valence electrons. The van der Waals surface area contributed by atoms with E-state index in [1.54, 1.807) is 66.7 Å². The van der Waals surface area contributed by atoms with Gasteiger partial charge in [0.05, 0.1) is 36.6 Å². The monoisotopic (exact) mass is 570 g/mol. The van der Waals surface area contributed by atoms with Gasteiger partial charge >= 0.3 is 11.9 Å². The molecule has 1 fully saturated rings. The zero-order valence-corrected chi connectivity index (χ0v) is 22.1. The van der Waals surface area contributed by atoms with Gasteiger partial charge in [-0.05, 0) is 48.9 Å². The van der Waals surface area contributed by atoms with E-state index in [2.05, 4.69) is 20.9 Å². The largest absolute Gasteiger partial charge is 0.467 e. The highest BCUT2D eigenvalue weighted by Gasteiger charge is 2.74. The van der Waals surface area contributed by atoms with Crippen LogP contribution in [0.15, 0.2) is 93.2 Å². The molecular weight excluding hydrogens is 548 g/mol. The molecule has 1 aliphatic heterocycles. The minimum absolute atomic E-state index is 0.0228. The number of methoxy groups -OCH3 is 2. The molecule has 0 aliphatic carbocycles. The van der Waals surface area contributed by atoms with E-state index in [1.165, 1.54) is 12.1 Å². The molecule has 1 atom stereocenters. The Balaban J connectivity index is 2.05. The topological polar surface area (TPSA) is 102 Å². The van der Waals surface area contributed by atoms with E-state index in [4.69, 9.17) is 9.47 Å². The first-order valence-corrected chi connectivity index (χ1v) is 13.1. The van der Waals surface area contributed by atoms with Crippen molar-refractivity contribution in [3.8, 4) is 0 Å². The van der Waals surface area contributed by atoms with E-state index in [-0.39, 0.29) is 10.6 Å². The molecule has 8 nitrogen and oxygen atoms in total. The van der Waals surface area contributed by atoms with E-state index in [0.29, 0.717) is 11.3 Å². The number of aliphatic imine (C=N–C) groups is 1. The van der Waals surface area contributed by atoms with E-state index in [1.807, 2.05) is 6.92 Å². The van der Waals surface area contributed by atoms with Gasteiger partial charge < -0.3 is 9.47 Å². The quantitative estimate of drug-likeness (QED) is 0.322. The zero-order valence-electron chi connectivity index (χ0n) is 19.7. The highest BCUT2D eigenvalue weighted by molar-refractivity contribution is 9.10. The SMILES string of the molecule is COC(=O)C1(C(=O)OC)C(=Nc2ccccc2)C(c2ccc(Br)cc2)N1S(=O)(=O)c1ccc(C)cc1. The zero-order chi connectivity index (χ0) is 26.1. The Morgan fingerprint density at radius 2 is 1.44 bits per heavy atom. The first-order chi connectivity index (χ1) is 17.2. The van der Waals surface area contributed by atoms with Gasteiger partial charge in [0, 0.05) is 4.47 Å². The molecule has 0 saturated carbocycles. The van der Waals surface area contributed by atoms with E-state index >= 15 is 0 Å². The van der Waals surface area contributed by atoms with Crippen molar-refractivity contribution in [3.63, 3.8) is 0 Å². The second kappa shape index (κ2) is 9.96. The van der Waals surface area contributed by atoms with Gasteiger partial charge in [0.15, 0.2) is 0 Å². The van der Waals surface area contributed by atoms with Gasteiger partial charge in [0.2, 0.25) is 10.0 Å². The molecule has 3 aromatic carbocycles. The molecule has 0 N–H and O–H groups in total. The third-order valence-corrected chi connectivity index (χ3v) is 8.32. The summed E-state index contributed by atoms with van der Waals surface area (Å²) in [7, 11) is -2.27. The highest BCUT2D eigenvalue weighted by atomic mass is 79.9. The van der Waals surface area contributed by atoms with E-state index in [0.717, 1.165) is 28.6 Å². The second-order valence-corrected chi connectivity index (χ2v) is 10.8. The molecule has 0 amide bonds. The van der Waals surface area contributed by atoms with Crippen LogP contribution in [0.5, 0.6) is 0 Å². The Labute approximate surface area is 217 Å². The Morgan fingerprint density at radius 1 is 0.889 bits per heavy atom. The maximum atomic E-state index is 14.1. The molecule has 4 rings (SSSR count). The fourth-order valence-electron chi connectivity index (χ4n) is 4.18. The number of ether oxygens (including phenoxy) is 2. The molecular formula is C26H23BrN2O6S. The fraction of sp³-hybridized carbons (Fsp3) is 0.192. The van der Waals surface area contributed by atoms with Gasteiger partial charge in [0.1, 0.15) is 0 Å². The van der Waals surface area contributed by atoms with Crippen LogP contribution in [-0.4, -0.2) is 50.1 Å². The highest BCUT2D eigenvalue weighted by Crippen LogP contribution is 2.50. The number of hydrogen-bond acceptors (Lipinski definition) is 7. The van der Waals surface area contributed by atoms with Crippen LogP contribution in [0.3, 0.4) is 0 Å². The van der Waals surface area contributed by atoms with Crippen LogP contribution in [0.4, 0.5) is 5.69 Å². The van der Waals surface area contributed by atoms with Crippen LogP contribution < -0.4 is 0 Å². The average Bonchev–Trinajstić information content (AvgIpc) is 2.88. The van der Waals surface area contributed by atoms with Crippen LogP contribution in [-0.2, 0) is 29.1 Å². The number of nitrogens with zero attached hydrogens (tertiary/aromatic N) is 2. The van der Waals surface area contributed by atoms with Crippen molar-refractivity contribution in [1.29, 1.82) is 0 Å². The predicted molar refractivity (Wildman–Crippen MR) is 137 cm³/mol. The van der Waals surface area contributed by atoms with Gasteiger partial charge in [-0.25, -0.2) is 18.0 Å². The van der Waals surface area contributed by atoms with Crippen LogP contribution in [0, 0.1) is 6.92 Å².